The molecule has 0 N–H and O–H groups in total. The molecule has 0 heterocycles. The molecule has 0 saturated carbocycles. The lowest BCUT2D eigenvalue weighted by atomic mass is 10.1. The molecule has 11 heavy (non-hydrogen) atoms. The molecule has 0 spiro atoms. The van der Waals surface area contributed by atoms with E-state index in [9.17, 15) is 4.79 Å². The van der Waals surface area contributed by atoms with Crippen molar-refractivity contribution in [2.45, 2.75) is 6.92 Å². The average Bonchev–Trinajstić information content (AvgIpc) is 2.05. The van der Waals surface area contributed by atoms with Crippen molar-refractivity contribution < 1.29 is 4.79 Å². The molecule has 0 aliphatic carbocycles. The number of ketones is 1. The van der Waals surface area contributed by atoms with E-state index < -0.39 is 0 Å². The average molecular weight is 146 g/mol. The maximum Gasteiger partial charge on any atom is 0.159 e. The van der Waals surface area contributed by atoms with Gasteiger partial charge in [0.2, 0.25) is 0 Å². The minimum absolute atomic E-state index is 0.0978. The first kappa shape index (κ1) is 7.73. The Morgan fingerprint density at radius 3 is 2.27 bits per heavy atom. The standard InChI is InChI=1S/C10H10O/c1-3-9-4-6-10(7-5-9)8(2)11/h3-7H,1H2,2H3. The molecular formula is C10H10O. The van der Waals surface area contributed by atoms with Gasteiger partial charge >= 0.3 is 0 Å². The molecule has 1 rings (SSSR count). The van der Waals surface area contributed by atoms with Crippen molar-refractivity contribution in [2.75, 3.05) is 0 Å². The summed E-state index contributed by atoms with van der Waals surface area (Å²) in [5, 5.41) is 0. The van der Waals surface area contributed by atoms with Crippen LogP contribution in [0.4, 0.5) is 0 Å². The highest BCUT2D eigenvalue weighted by atomic mass is 16.1. The molecule has 0 saturated heterocycles. The lowest BCUT2D eigenvalue weighted by molar-refractivity contribution is 0.101. The smallest absolute Gasteiger partial charge is 0.159 e. The van der Waals surface area contributed by atoms with Crippen molar-refractivity contribution in [3.05, 3.63) is 42.0 Å². The van der Waals surface area contributed by atoms with Crippen LogP contribution in [-0.2, 0) is 0 Å². The van der Waals surface area contributed by atoms with Crippen LogP contribution in [0.25, 0.3) is 6.08 Å². The second-order valence-corrected chi connectivity index (χ2v) is 2.38. The van der Waals surface area contributed by atoms with Crippen LogP contribution in [0.5, 0.6) is 0 Å². The summed E-state index contributed by atoms with van der Waals surface area (Å²) in [6.07, 6.45) is 1.75. The van der Waals surface area contributed by atoms with Crippen molar-refractivity contribution in [1.29, 1.82) is 0 Å². The van der Waals surface area contributed by atoms with Crippen LogP contribution in [0.1, 0.15) is 22.8 Å². The summed E-state index contributed by atoms with van der Waals surface area (Å²) in [4.78, 5) is 10.8. The first-order valence-corrected chi connectivity index (χ1v) is 3.47. The van der Waals surface area contributed by atoms with Gasteiger partial charge in [-0.25, -0.2) is 0 Å². The minimum atomic E-state index is 0.0978. The summed E-state index contributed by atoms with van der Waals surface area (Å²) >= 11 is 0. The number of carbonyl (C=O) groups is 1. The molecule has 0 aliphatic rings. The predicted molar refractivity (Wildman–Crippen MR) is 46.5 cm³/mol. The van der Waals surface area contributed by atoms with Crippen molar-refractivity contribution in [3.63, 3.8) is 0 Å². The van der Waals surface area contributed by atoms with E-state index in [1.807, 2.05) is 12.1 Å². The van der Waals surface area contributed by atoms with Crippen molar-refractivity contribution in [3.8, 4) is 0 Å². The number of rotatable bonds is 2. The zero-order valence-electron chi connectivity index (χ0n) is 6.50. The minimum Gasteiger partial charge on any atom is -0.295 e. The molecule has 56 valence electrons. The fourth-order valence-electron chi connectivity index (χ4n) is 0.854. The molecular weight excluding hydrogens is 136 g/mol. The van der Waals surface area contributed by atoms with Crippen LogP contribution in [0.3, 0.4) is 0 Å². The van der Waals surface area contributed by atoms with Gasteiger partial charge in [-0.3, -0.25) is 4.79 Å². The van der Waals surface area contributed by atoms with Gasteiger partial charge in [0, 0.05) is 5.56 Å². The van der Waals surface area contributed by atoms with Crippen LogP contribution in [0.2, 0.25) is 0 Å². The van der Waals surface area contributed by atoms with Gasteiger partial charge in [0.1, 0.15) is 0 Å². The maximum absolute atomic E-state index is 10.8. The van der Waals surface area contributed by atoms with Crippen LogP contribution in [0.15, 0.2) is 30.8 Å². The van der Waals surface area contributed by atoms with Gasteiger partial charge < -0.3 is 0 Å². The summed E-state index contributed by atoms with van der Waals surface area (Å²) in [5.74, 6) is 0.0978. The van der Waals surface area contributed by atoms with E-state index in [0.717, 1.165) is 11.1 Å². The molecule has 0 aliphatic heterocycles. The largest absolute Gasteiger partial charge is 0.295 e. The normalized spacial score (nSPS) is 9.18. The highest BCUT2D eigenvalue weighted by Crippen LogP contribution is 2.05. The Hall–Kier alpha value is -1.37. The highest BCUT2D eigenvalue weighted by molar-refractivity contribution is 5.94. The van der Waals surface area contributed by atoms with E-state index in [-0.39, 0.29) is 5.78 Å². The molecule has 0 radical (unpaired) electrons. The summed E-state index contributed by atoms with van der Waals surface area (Å²) < 4.78 is 0. The monoisotopic (exact) mass is 146 g/mol. The van der Waals surface area contributed by atoms with Gasteiger partial charge in [0.05, 0.1) is 0 Å². The summed E-state index contributed by atoms with van der Waals surface area (Å²) in [5.41, 5.74) is 1.78. The number of benzene rings is 1. The van der Waals surface area contributed by atoms with Gasteiger partial charge in [0.15, 0.2) is 5.78 Å². The van der Waals surface area contributed by atoms with Gasteiger partial charge in [-0.15, -0.1) is 0 Å². The molecule has 0 bridgehead atoms. The quantitative estimate of drug-likeness (QED) is 0.586. The molecule has 1 aromatic rings. The third-order valence-electron chi connectivity index (χ3n) is 1.55. The van der Waals surface area contributed by atoms with E-state index in [0.29, 0.717) is 0 Å². The molecule has 1 aromatic carbocycles. The zero-order valence-corrected chi connectivity index (χ0v) is 6.50. The fraction of sp³-hybridized carbons (Fsp3) is 0.100. The van der Waals surface area contributed by atoms with Crippen molar-refractivity contribution in [1.82, 2.24) is 0 Å². The lowest BCUT2D eigenvalue weighted by Crippen LogP contribution is -1.90. The summed E-state index contributed by atoms with van der Waals surface area (Å²) in [6, 6.07) is 7.37. The Labute approximate surface area is 66.4 Å². The third kappa shape index (κ3) is 1.77. The van der Waals surface area contributed by atoms with E-state index in [4.69, 9.17) is 0 Å². The van der Waals surface area contributed by atoms with E-state index in [2.05, 4.69) is 6.58 Å². The molecule has 1 heteroatoms. The molecule has 0 amide bonds. The molecule has 0 unspecified atom stereocenters. The predicted octanol–water partition coefficient (Wildman–Crippen LogP) is 2.53. The summed E-state index contributed by atoms with van der Waals surface area (Å²) in [6.45, 7) is 5.18. The first-order chi connectivity index (χ1) is 5.24. The van der Waals surface area contributed by atoms with Gasteiger partial charge in [-0.05, 0) is 12.5 Å². The number of hydrogen-bond donors (Lipinski definition) is 0. The van der Waals surface area contributed by atoms with Gasteiger partial charge in [-0.1, -0.05) is 36.9 Å². The topological polar surface area (TPSA) is 17.1 Å². The van der Waals surface area contributed by atoms with E-state index >= 15 is 0 Å². The zero-order chi connectivity index (χ0) is 8.27. The van der Waals surface area contributed by atoms with Crippen LogP contribution >= 0.6 is 0 Å². The number of carbonyl (C=O) groups excluding carboxylic acids is 1. The van der Waals surface area contributed by atoms with Crippen LogP contribution in [0, 0.1) is 0 Å². The summed E-state index contributed by atoms with van der Waals surface area (Å²) in [7, 11) is 0. The van der Waals surface area contributed by atoms with E-state index in [1.165, 1.54) is 0 Å². The lowest BCUT2D eigenvalue weighted by Gasteiger charge is -1.94. The first-order valence-electron chi connectivity index (χ1n) is 3.47. The Balaban J connectivity index is 3.00. The highest BCUT2D eigenvalue weighted by Gasteiger charge is 1.95. The Morgan fingerprint density at radius 2 is 1.91 bits per heavy atom. The Kier molecular flexibility index (Phi) is 2.21. The Bertz CT molecular complexity index is 269. The number of hydrogen-bond acceptors (Lipinski definition) is 1. The molecule has 0 aromatic heterocycles. The molecule has 0 atom stereocenters. The van der Waals surface area contributed by atoms with Gasteiger partial charge in [-0.2, -0.15) is 0 Å². The maximum atomic E-state index is 10.8. The van der Waals surface area contributed by atoms with Crippen molar-refractivity contribution in [2.24, 2.45) is 0 Å². The molecule has 1 nitrogen and oxygen atoms in total. The fourth-order valence-corrected chi connectivity index (χ4v) is 0.854. The SMILES string of the molecule is C=Cc1ccc(C(C)=O)cc1. The Morgan fingerprint density at radius 1 is 1.36 bits per heavy atom. The van der Waals surface area contributed by atoms with Gasteiger partial charge in [0.25, 0.3) is 0 Å². The van der Waals surface area contributed by atoms with Crippen LogP contribution in [-0.4, -0.2) is 5.78 Å². The second kappa shape index (κ2) is 3.15. The van der Waals surface area contributed by atoms with Crippen molar-refractivity contribution >= 4 is 11.9 Å². The number of Topliss-reactive ketones (excluding diaryl/α,β-unsaturated/α-hetero) is 1. The third-order valence-corrected chi connectivity index (χ3v) is 1.55. The van der Waals surface area contributed by atoms with E-state index in [1.54, 1.807) is 25.1 Å². The second-order valence-electron chi connectivity index (χ2n) is 2.38. The van der Waals surface area contributed by atoms with Crippen LogP contribution < -0.4 is 0 Å². The molecule has 0 fully saturated rings.